The van der Waals surface area contributed by atoms with Gasteiger partial charge >= 0.3 is 0 Å². The van der Waals surface area contributed by atoms with Crippen molar-refractivity contribution in [3.05, 3.63) is 64.8 Å². The average Bonchev–Trinajstić information content (AvgIpc) is 3.03. The van der Waals surface area contributed by atoms with Crippen molar-refractivity contribution in [2.75, 3.05) is 11.9 Å². The van der Waals surface area contributed by atoms with Gasteiger partial charge in [0, 0.05) is 16.0 Å². The van der Waals surface area contributed by atoms with Crippen molar-refractivity contribution in [3.63, 3.8) is 0 Å². The molecule has 1 amide bonds. The lowest BCUT2D eigenvalue weighted by atomic mass is 10.2. The Morgan fingerprint density at radius 3 is 2.71 bits per heavy atom. The van der Waals surface area contributed by atoms with Crippen LogP contribution in [0.3, 0.4) is 0 Å². The molecule has 4 nitrogen and oxygen atoms in total. The summed E-state index contributed by atoms with van der Waals surface area (Å²) in [6.07, 6.45) is 0. The number of halogens is 2. The third kappa shape index (κ3) is 4.10. The number of amides is 1. The standard InChI is InChI=1S/C17H12ClFN2O2S/c18-12-7-5-11(6-8-12)14-10-24-17(20-14)21-16(22)9-23-15-4-2-1-3-13(15)19/h1-8,10H,9H2,(H,20,21,22). The van der Waals surface area contributed by atoms with Gasteiger partial charge in [-0.3, -0.25) is 10.1 Å². The quantitative estimate of drug-likeness (QED) is 0.720. The zero-order chi connectivity index (χ0) is 16.9. The number of para-hydroxylation sites is 1. The molecule has 0 saturated heterocycles. The van der Waals surface area contributed by atoms with E-state index in [1.807, 2.05) is 17.5 Å². The number of aromatic nitrogens is 1. The second-order valence-electron chi connectivity index (χ2n) is 4.81. The molecule has 0 saturated carbocycles. The molecular formula is C17H12ClFN2O2S. The molecule has 1 N–H and O–H groups in total. The minimum absolute atomic E-state index is 0.0358. The molecule has 3 rings (SSSR count). The second kappa shape index (κ2) is 7.42. The topological polar surface area (TPSA) is 51.2 Å². The number of nitrogens with one attached hydrogen (secondary N) is 1. The van der Waals surface area contributed by atoms with Crippen LogP contribution in [0.5, 0.6) is 5.75 Å². The Kier molecular flexibility index (Phi) is 5.08. The summed E-state index contributed by atoms with van der Waals surface area (Å²) in [5.41, 5.74) is 1.64. The van der Waals surface area contributed by atoms with Crippen molar-refractivity contribution in [1.29, 1.82) is 0 Å². The van der Waals surface area contributed by atoms with Crippen LogP contribution in [0.1, 0.15) is 0 Å². The van der Waals surface area contributed by atoms with E-state index < -0.39 is 11.7 Å². The van der Waals surface area contributed by atoms with Crippen LogP contribution in [-0.4, -0.2) is 17.5 Å². The number of carbonyl (C=O) groups excluding carboxylic acids is 1. The molecule has 0 fully saturated rings. The molecule has 0 aliphatic carbocycles. The molecule has 2 aromatic carbocycles. The minimum atomic E-state index is -0.510. The SMILES string of the molecule is O=C(COc1ccccc1F)Nc1nc(-c2ccc(Cl)cc2)cs1. The predicted molar refractivity (Wildman–Crippen MR) is 93.1 cm³/mol. The molecule has 0 spiro atoms. The van der Waals surface area contributed by atoms with Gasteiger partial charge in [-0.1, -0.05) is 35.9 Å². The van der Waals surface area contributed by atoms with E-state index in [1.165, 1.54) is 23.5 Å². The van der Waals surface area contributed by atoms with Crippen LogP contribution in [-0.2, 0) is 4.79 Å². The van der Waals surface area contributed by atoms with Gasteiger partial charge in [-0.15, -0.1) is 11.3 Å². The van der Waals surface area contributed by atoms with Gasteiger partial charge in [0.15, 0.2) is 23.3 Å². The third-order valence-electron chi connectivity index (χ3n) is 3.09. The number of nitrogens with zero attached hydrogens (tertiary/aromatic N) is 1. The molecule has 0 radical (unpaired) electrons. The van der Waals surface area contributed by atoms with Crippen molar-refractivity contribution in [3.8, 4) is 17.0 Å². The van der Waals surface area contributed by atoms with Crippen LogP contribution in [0.25, 0.3) is 11.3 Å². The minimum Gasteiger partial charge on any atom is -0.481 e. The molecule has 0 atom stereocenters. The van der Waals surface area contributed by atoms with Crippen LogP contribution in [0.2, 0.25) is 5.02 Å². The maximum Gasteiger partial charge on any atom is 0.264 e. The predicted octanol–water partition coefficient (Wildman–Crippen LogP) is 4.62. The van der Waals surface area contributed by atoms with Crippen molar-refractivity contribution >= 4 is 34.0 Å². The molecule has 0 bridgehead atoms. The fraction of sp³-hybridized carbons (Fsp3) is 0.0588. The highest BCUT2D eigenvalue weighted by Gasteiger charge is 2.10. The lowest BCUT2D eigenvalue weighted by molar-refractivity contribution is -0.118. The summed E-state index contributed by atoms with van der Waals surface area (Å²) in [5, 5.41) is 5.55. The normalized spacial score (nSPS) is 10.4. The molecule has 0 aliphatic rings. The summed E-state index contributed by atoms with van der Waals surface area (Å²) in [6, 6.07) is 13.2. The largest absolute Gasteiger partial charge is 0.481 e. The number of rotatable bonds is 5. The first-order chi connectivity index (χ1) is 11.6. The first-order valence-corrected chi connectivity index (χ1v) is 8.26. The summed E-state index contributed by atoms with van der Waals surface area (Å²) in [7, 11) is 0. The van der Waals surface area contributed by atoms with Gasteiger partial charge in [0.05, 0.1) is 5.69 Å². The Labute approximate surface area is 146 Å². The van der Waals surface area contributed by atoms with Gasteiger partial charge in [-0.05, 0) is 24.3 Å². The number of thiazole rings is 1. The van der Waals surface area contributed by atoms with Crippen LogP contribution in [0.4, 0.5) is 9.52 Å². The average molecular weight is 363 g/mol. The summed E-state index contributed by atoms with van der Waals surface area (Å²) in [6.45, 7) is -0.295. The van der Waals surface area contributed by atoms with Gasteiger partial charge in [0.25, 0.3) is 5.91 Å². The van der Waals surface area contributed by atoms with Gasteiger partial charge < -0.3 is 4.74 Å². The number of benzene rings is 2. The number of hydrogen-bond acceptors (Lipinski definition) is 4. The second-order valence-corrected chi connectivity index (χ2v) is 6.11. The fourth-order valence-corrected chi connectivity index (χ4v) is 2.81. The van der Waals surface area contributed by atoms with Crippen LogP contribution < -0.4 is 10.1 Å². The Morgan fingerprint density at radius 2 is 1.96 bits per heavy atom. The van der Waals surface area contributed by atoms with Crippen molar-refractivity contribution in [2.45, 2.75) is 0 Å². The van der Waals surface area contributed by atoms with Gasteiger partial charge in [0.1, 0.15) is 0 Å². The highest BCUT2D eigenvalue weighted by atomic mass is 35.5. The maximum atomic E-state index is 13.4. The van der Waals surface area contributed by atoms with E-state index in [0.29, 0.717) is 10.2 Å². The molecule has 24 heavy (non-hydrogen) atoms. The molecule has 1 aromatic heterocycles. The molecule has 1 heterocycles. The zero-order valence-electron chi connectivity index (χ0n) is 12.3. The third-order valence-corrected chi connectivity index (χ3v) is 4.10. The number of hydrogen-bond donors (Lipinski definition) is 1. The summed E-state index contributed by atoms with van der Waals surface area (Å²) >= 11 is 7.15. The number of anilines is 1. The molecule has 0 aliphatic heterocycles. The van der Waals surface area contributed by atoms with Crippen molar-refractivity contribution in [2.24, 2.45) is 0 Å². The summed E-state index contributed by atoms with van der Waals surface area (Å²) in [4.78, 5) is 16.2. The van der Waals surface area contributed by atoms with E-state index in [-0.39, 0.29) is 12.4 Å². The van der Waals surface area contributed by atoms with Crippen LogP contribution >= 0.6 is 22.9 Å². The van der Waals surface area contributed by atoms with E-state index in [9.17, 15) is 9.18 Å². The van der Waals surface area contributed by atoms with Crippen LogP contribution in [0, 0.1) is 5.82 Å². The van der Waals surface area contributed by atoms with Gasteiger partial charge in [0.2, 0.25) is 0 Å². The Bertz CT molecular complexity index is 852. The Hall–Kier alpha value is -2.44. The van der Waals surface area contributed by atoms with E-state index in [4.69, 9.17) is 16.3 Å². The maximum absolute atomic E-state index is 13.4. The van der Waals surface area contributed by atoms with Gasteiger partial charge in [-0.25, -0.2) is 9.37 Å². The van der Waals surface area contributed by atoms with E-state index in [1.54, 1.807) is 24.3 Å². The first kappa shape index (κ1) is 16.4. The van der Waals surface area contributed by atoms with Crippen LogP contribution in [0.15, 0.2) is 53.9 Å². The monoisotopic (exact) mass is 362 g/mol. The van der Waals surface area contributed by atoms with Gasteiger partial charge in [-0.2, -0.15) is 0 Å². The molecule has 0 unspecified atom stereocenters. The number of carbonyl (C=O) groups is 1. The molecule has 3 aromatic rings. The highest BCUT2D eigenvalue weighted by molar-refractivity contribution is 7.14. The van der Waals surface area contributed by atoms with Crippen molar-refractivity contribution < 1.29 is 13.9 Å². The van der Waals surface area contributed by atoms with E-state index in [0.717, 1.165) is 11.3 Å². The van der Waals surface area contributed by atoms with E-state index in [2.05, 4.69) is 10.3 Å². The zero-order valence-corrected chi connectivity index (χ0v) is 13.9. The Morgan fingerprint density at radius 1 is 1.21 bits per heavy atom. The number of ether oxygens (including phenoxy) is 1. The smallest absolute Gasteiger partial charge is 0.264 e. The first-order valence-electron chi connectivity index (χ1n) is 7.00. The fourth-order valence-electron chi connectivity index (χ4n) is 1.94. The van der Waals surface area contributed by atoms with Crippen molar-refractivity contribution in [1.82, 2.24) is 4.98 Å². The summed E-state index contributed by atoms with van der Waals surface area (Å²) in [5.74, 6) is -0.881. The lowest BCUT2D eigenvalue weighted by Gasteiger charge is -2.06. The van der Waals surface area contributed by atoms with E-state index >= 15 is 0 Å². The molecular weight excluding hydrogens is 351 g/mol. The summed E-state index contributed by atoms with van der Waals surface area (Å²) < 4.78 is 18.6. The molecule has 7 heteroatoms. The Balaban J connectivity index is 1.59. The highest BCUT2D eigenvalue weighted by Crippen LogP contribution is 2.26. The molecule has 122 valence electrons. The lowest BCUT2D eigenvalue weighted by Crippen LogP contribution is -2.20.